The van der Waals surface area contributed by atoms with Crippen LogP contribution in [-0.2, 0) is 9.84 Å². The molecule has 2 atom stereocenters. The Hall–Kier alpha value is -1.79. The molecule has 1 N–H and O–H groups in total. The average Bonchev–Trinajstić information content (AvgIpc) is 2.92. The number of methoxy groups -OCH3 is 1. The van der Waals surface area contributed by atoms with Crippen LogP contribution in [0.2, 0.25) is 0 Å². The minimum Gasteiger partial charge on any atom is -0.495 e. The first-order chi connectivity index (χ1) is 10.7. The molecule has 0 fully saturated rings. The van der Waals surface area contributed by atoms with Crippen molar-refractivity contribution in [3.8, 4) is 5.75 Å². The smallest absolute Gasteiger partial charge is 0.179 e. The van der Waals surface area contributed by atoms with E-state index >= 15 is 0 Å². The number of sulfone groups is 1. The Balaban J connectivity index is 2.21. The largest absolute Gasteiger partial charge is 0.495 e. The van der Waals surface area contributed by atoms with E-state index in [9.17, 15) is 8.42 Å². The highest BCUT2D eigenvalue weighted by Gasteiger charge is 2.18. The number of hydrogen-bond donors (Lipinski definition) is 1. The van der Waals surface area contributed by atoms with E-state index in [2.05, 4.69) is 5.32 Å². The molecule has 0 radical (unpaired) electrons. The molecule has 0 saturated carbocycles. The van der Waals surface area contributed by atoms with Gasteiger partial charge in [-0.3, -0.25) is 0 Å². The van der Waals surface area contributed by atoms with Crippen molar-refractivity contribution < 1.29 is 17.6 Å². The molecule has 6 heteroatoms. The summed E-state index contributed by atoms with van der Waals surface area (Å²) in [7, 11) is -1.84. The molecule has 1 aromatic heterocycles. The fraction of sp³-hybridized carbons (Fsp3) is 0.412. The van der Waals surface area contributed by atoms with Gasteiger partial charge in [0, 0.05) is 12.3 Å². The number of nitrogens with one attached hydrogen (secondary N) is 1. The maximum atomic E-state index is 11.8. The third-order valence-electron chi connectivity index (χ3n) is 3.78. The molecule has 0 aliphatic heterocycles. The Morgan fingerprint density at radius 1 is 1.13 bits per heavy atom. The lowest BCUT2D eigenvalue weighted by Crippen LogP contribution is -2.22. The average molecular weight is 337 g/mol. The van der Waals surface area contributed by atoms with Gasteiger partial charge in [0.25, 0.3) is 0 Å². The maximum Gasteiger partial charge on any atom is 0.179 e. The Morgan fingerprint density at radius 2 is 1.83 bits per heavy atom. The van der Waals surface area contributed by atoms with Gasteiger partial charge in [-0.1, -0.05) is 6.07 Å². The molecular weight excluding hydrogens is 314 g/mol. The minimum absolute atomic E-state index is 0.0120. The molecule has 126 valence electrons. The van der Waals surface area contributed by atoms with Crippen molar-refractivity contribution in [2.75, 3.05) is 13.4 Å². The molecule has 2 aromatic rings. The quantitative estimate of drug-likeness (QED) is 0.875. The van der Waals surface area contributed by atoms with Gasteiger partial charge < -0.3 is 14.5 Å². The number of aryl methyl sites for hydroxylation is 1. The van der Waals surface area contributed by atoms with Crippen LogP contribution in [0.4, 0.5) is 0 Å². The second kappa shape index (κ2) is 6.76. The summed E-state index contributed by atoms with van der Waals surface area (Å²) in [5.41, 5.74) is 0.948. The van der Waals surface area contributed by atoms with Gasteiger partial charge in [-0.05, 0) is 50.6 Å². The highest BCUT2D eigenvalue weighted by atomic mass is 32.2. The number of benzene rings is 1. The van der Waals surface area contributed by atoms with E-state index < -0.39 is 9.84 Å². The van der Waals surface area contributed by atoms with E-state index in [-0.39, 0.29) is 17.0 Å². The van der Waals surface area contributed by atoms with Crippen LogP contribution in [0.5, 0.6) is 5.75 Å². The predicted molar refractivity (Wildman–Crippen MR) is 89.5 cm³/mol. The van der Waals surface area contributed by atoms with Crippen molar-refractivity contribution >= 4 is 9.84 Å². The first-order valence-corrected chi connectivity index (χ1v) is 9.32. The summed E-state index contributed by atoms with van der Waals surface area (Å²) in [6, 6.07) is 9.08. The molecular formula is C17H23NO4S. The molecule has 1 aromatic carbocycles. The van der Waals surface area contributed by atoms with E-state index in [0.29, 0.717) is 5.75 Å². The molecule has 0 spiro atoms. The summed E-state index contributed by atoms with van der Waals surface area (Å²) < 4.78 is 34.4. The van der Waals surface area contributed by atoms with Gasteiger partial charge in [0.1, 0.15) is 22.2 Å². The molecule has 5 nitrogen and oxygen atoms in total. The number of hydrogen-bond acceptors (Lipinski definition) is 5. The zero-order valence-electron chi connectivity index (χ0n) is 14.1. The topological polar surface area (TPSA) is 68.5 Å². The van der Waals surface area contributed by atoms with E-state index in [1.165, 1.54) is 13.4 Å². The lowest BCUT2D eigenvalue weighted by atomic mass is 10.1. The van der Waals surface area contributed by atoms with Gasteiger partial charge >= 0.3 is 0 Å². The molecule has 0 saturated heterocycles. The fourth-order valence-corrected chi connectivity index (χ4v) is 3.32. The highest BCUT2D eigenvalue weighted by Crippen LogP contribution is 2.28. The minimum atomic E-state index is -3.31. The normalized spacial score (nSPS) is 14.5. The molecule has 0 aliphatic rings. The van der Waals surface area contributed by atoms with Gasteiger partial charge in [0.2, 0.25) is 0 Å². The molecule has 2 rings (SSSR count). The molecule has 0 aliphatic carbocycles. The zero-order chi connectivity index (χ0) is 17.2. The van der Waals surface area contributed by atoms with E-state index in [1.54, 1.807) is 18.2 Å². The van der Waals surface area contributed by atoms with Gasteiger partial charge in [-0.15, -0.1) is 0 Å². The number of furan rings is 1. The Bertz CT molecular complexity index is 780. The lowest BCUT2D eigenvalue weighted by molar-refractivity contribution is 0.387. The summed E-state index contributed by atoms with van der Waals surface area (Å²) in [5.74, 6) is 2.11. The first-order valence-electron chi connectivity index (χ1n) is 7.42. The summed E-state index contributed by atoms with van der Waals surface area (Å²) in [6.45, 7) is 5.95. The Kier molecular flexibility index (Phi) is 5.16. The van der Waals surface area contributed by atoms with Crippen LogP contribution in [-0.4, -0.2) is 21.8 Å². The Labute approximate surface area is 137 Å². The van der Waals surface area contributed by atoms with E-state index in [4.69, 9.17) is 9.15 Å². The van der Waals surface area contributed by atoms with Crippen molar-refractivity contribution in [2.24, 2.45) is 0 Å². The molecule has 0 amide bonds. The second-order valence-electron chi connectivity index (χ2n) is 5.74. The summed E-state index contributed by atoms with van der Waals surface area (Å²) in [5, 5.41) is 3.44. The van der Waals surface area contributed by atoms with Crippen molar-refractivity contribution in [1.29, 1.82) is 0 Å². The van der Waals surface area contributed by atoms with Crippen LogP contribution >= 0.6 is 0 Å². The van der Waals surface area contributed by atoms with Crippen LogP contribution < -0.4 is 10.1 Å². The molecule has 0 unspecified atom stereocenters. The maximum absolute atomic E-state index is 11.8. The Morgan fingerprint density at radius 3 is 2.35 bits per heavy atom. The fourth-order valence-electron chi connectivity index (χ4n) is 2.50. The van der Waals surface area contributed by atoms with Crippen LogP contribution in [0, 0.1) is 6.92 Å². The van der Waals surface area contributed by atoms with Crippen molar-refractivity contribution in [1.82, 2.24) is 5.32 Å². The van der Waals surface area contributed by atoms with Crippen molar-refractivity contribution in [3.05, 3.63) is 47.4 Å². The van der Waals surface area contributed by atoms with Crippen molar-refractivity contribution in [2.45, 2.75) is 37.8 Å². The first kappa shape index (κ1) is 17.6. The van der Waals surface area contributed by atoms with Gasteiger partial charge in [0.15, 0.2) is 9.84 Å². The van der Waals surface area contributed by atoms with Crippen molar-refractivity contribution in [3.63, 3.8) is 0 Å². The monoisotopic (exact) mass is 337 g/mol. The molecule has 1 heterocycles. The summed E-state index contributed by atoms with van der Waals surface area (Å²) in [6.07, 6.45) is 1.17. The standard InChI is InChI=1S/C17H23NO4S/c1-11-6-8-15(22-11)13(3)18-12(2)14-7-9-17(23(5,19)20)16(10-14)21-4/h6-10,12-13,18H,1-5H3/t12-,13+/m1/s1. The van der Waals surface area contributed by atoms with Gasteiger partial charge in [0.05, 0.1) is 13.2 Å². The van der Waals surface area contributed by atoms with E-state index in [1.807, 2.05) is 32.9 Å². The molecule has 0 bridgehead atoms. The summed E-state index contributed by atoms with van der Waals surface area (Å²) >= 11 is 0. The highest BCUT2D eigenvalue weighted by molar-refractivity contribution is 7.90. The SMILES string of the molecule is COc1cc([C@@H](C)N[C@@H](C)c2ccc(C)o2)ccc1S(C)(=O)=O. The second-order valence-corrected chi connectivity index (χ2v) is 7.73. The molecule has 23 heavy (non-hydrogen) atoms. The van der Waals surface area contributed by atoms with Gasteiger partial charge in [-0.25, -0.2) is 8.42 Å². The predicted octanol–water partition coefficient (Wildman–Crippen LogP) is 3.41. The van der Waals surface area contributed by atoms with Gasteiger partial charge in [-0.2, -0.15) is 0 Å². The number of rotatable bonds is 6. The van der Waals surface area contributed by atoms with E-state index in [0.717, 1.165) is 17.1 Å². The van der Waals surface area contributed by atoms with Crippen LogP contribution in [0.1, 0.15) is 43.0 Å². The van der Waals surface area contributed by atoms with Crippen LogP contribution in [0.3, 0.4) is 0 Å². The number of ether oxygens (including phenoxy) is 1. The summed E-state index contributed by atoms with van der Waals surface area (Å²) in [4.78, 5) is 0.200. The third kappa shape index (κ3) is 4.14. The van der Waals surface area contributed by atoms with Crippen LogP contribution in [0.25, 0.3) is 0 Å². The van der Waals surface area contributed by atoms with Crippen LogP contribution in [0.15, 0.2) is 39.6 Å². The lowest BCUT2D eigenvalue weighted by Gasteiger charge is -2.20. The third-order valence-corrected chi connectivity index (χ3v) is 4.91. The zero-order valence-corrected chi connectivity index (χ0v) is 14.9.